The van der Waals surface area contributed by atoms with Crippen LogP contribution in [0.15, 0.2) is 18.6 Å². The SMILES string of the molecule is CC(=O)N1C[C@H](NC(=O)C(CC(=O)[C@@H](NC(=O)c2cnccn2)C2CCCCC2)C(C)(C)C)[C@H](C(=O)OC(C)(C)C)C1. The lowest BCUT2D eigenvalue weighted by molar-refractivity contribution is -0.160. The van der Waals surface area contributed by atoms with Crippen molar-refractivity contribution in [2.45, 2.75) is 105 Å². The number of Topliss-reactive ketones (excluding diaryl/α,β-unsaturated/α-hetero) is 1. The van der Waals surface area contributed by atoms with Crippen molar-refractivity contribution in [3.8, 4) is 0 Å². The van der Waals surface area contributed by atoms with Crippen molar-refractivity contribution in [2.24, 2.45) is 23.2 Å². The lowest BCUT2D eigenvalue weighted by Crippen LogP contribution is -2.51. The number of esters is 1. The van der Waals surface area contributed by atoms with E-state index in [1.165, 1.54) is 30.4 Å². The molecule has 0 radical (unpaired) electrons. The summed E-state index contributed by atoms with van der Waals surface area (Å²) in [4.78, 5) is 75.5. The van der Waals surface area contributed by atoms with Crippen molar-refractivity contribution < 1.29 is 28.7 Å². The minimum Gasteiger partial charge on any atom is -0.460 e. The maximum Gasteiger partial charge on any atom is 0.313 e. The van der Waals surface area contributed by atoms with Crippen LogP contribution in [0.5, 0.6) is 0 Å². The van der Waals surface area contributed by atoms with Gasteiger partial charge in [-0.3, -0.25) is 29.0 Å². The van der Waals surface area contributed by atoms with E-state index < -0.39 is 46.8 Å². The number of hydrogen-bond donors (Lipinski definition) is 2. The van der Waals surface area contributed by atoms with Crippen LogP contribution in [0, 0.1) is 23.2 Å². The highest BCUT2D eigenvalue weighted by Crippen LogP contribution is 2.33. The Morgan fingerprint density at radius 1 is 1.00 bits per heavy atom. The van der Waals surface area contributed by atoms with Crippen LogP contribution in [0.3, 0.4) is 0 Å². The molecule has 1 aromatic heterocycles. The summed E-state index contributed by atoms with van der Waals surface area (Å²) in [5.74, 6) is -3.24. The Morgan fingerprint density at radius 3 is 2.21 bits per heavy atom. The number of aromatic nitrogens is 2. The molecule has 232 valence electrons. The quantitative estimate of drug-likeness (QED) is 0.420. The molecule has 3 amide bonds. The van der Waals surface area contributed by atoms with E-state index in [1.807, 2.05) is 20.8 Å². The number of ketones is 1. The number of rotatable bonds is 9. The Hall–Kier alpha value is -3.37. The molecule has 4 atom stereocenters. The number of amides is 3. The van der Waals surface area contributed by atoms with Crippen molar-refractivity contribution in [1.82, 2.24) is 25.5 Å². The topological polar surface area (TPSA) is 148 Å². The fraction of sp³-hybridized carbons (Fsp3) is 0.710. The van der Waals surface area contributed by atoms with Crippen LogP contribution in [0.1, 0.15) is 97.5 Å². The fourth-order valence-corrected chi connectivity index (χ4v) is 5.79. The largest absolute Gasteiger partial charge is 0.460 e. The van der Waals surface area contributed by atoms with Crippen LogP contribution in [0.25, 0.3) is 0 Å². The summed E-state index contributed by atoms with van der Waals surface area (Å²) in [6.07, 6.45) is 8.81. The van der Waals surface area contributed by atoms with Gasteiger partial charge >= 0.3 is 5.97 Å². The van der Waals surface area contributed by atoms with E-state index in [9.17, 15) is 24.0 Å². The van der Waals surface area contributed by atoms with E-state index in [-0.39, 0.29) is 48.7 Å². The average molecular weight is 586 g/mol. The van der Waals surface area contributed by atoms with E-state index in [2.05, 4.69) is 20.6 Å². The maximum atomic E-state index is 13.9. The lowest BCUT2D eigenvalue weighted by atomic mass is 9.74. The monoisotopic (exact) mass is 585 g/mol. The standard InChI is InChI=1S/C31H47N5O6/c1-19(37)36-17-21(29(41)42-31(5,6)7)24(18-36)34-27(39)22(30(2,3)4)15-25(38)26(20-11-9-8-10-12-20)35-28(40)23-16-32-13-14-33-23/h13-14,16,20-22,24,26H,8-12,15,17-18H2,1-7H3,(H,34,39)(H,35,40)/t21-,22?,24+,26+/m1/s1. The third-order valence-corrected chi connectivity index (χ3v) is 8.12. The van der Waals surface area contributed by atoms with Gasteiger partial charge in [-0.05, 0) is 44.9 Å². The molecule has 2 N–H and O–H groups in total. The number of hydrogen-bond acceptors (Lipinski definition) is 8. The van der Waals surface area contributed by atoms with Gasteiger partial charge in [-0.15, -0.1) is 0 Å². The predicted molar refractivity (Wildman–Crippen MR) is 156 cm³/mol. The third-order valence-electron chi connectivity index (χ3n) is 8.12. The fourth-order valence-electron chi connectivity index (χ4n) is 5.79. The van der Waals surface area contributed by atoms with E-state index >= 15 is 0 Å². The molecule has 3 rings (SSSR count). The van der Waals surface area contributed by atoms with Crippen molar-refractivity contribution in [3.05, 3.63) is 24.3 Å². The Morgan fingerprint density at radius 2 is 1.67 bits per heavy atom. The number of nitrogens with one attached hydrogen (secondary N) is 2. The molecule has 0 spiro atoms. The summed E-state index contributed by atoms with van der Waals surface area (Å²) in [7, 11) is 0. The van der Waals surface area contributed by atoms with Gasteiger partial charge in [0, 0.05) is 44.7 Å². The molecule has 2 fully saturated rings. The first-order valence-electron chi connectivity index (χ1n) is 14.9. The van der Waals surface area contributed by atoms with Crippen molar-refractivity contribution >= 4 is 29.5 Å². The predicted octanol–water partition coefficient (Wildman–Crippen LogP) is 3.08. The van der Waals surface area contributed by atoms with Gasteiger partial charge in [0.05, 0.1) is 24.2 Å². The first kappa shape index (κ1) is 33.1. The Labute approximate surface area is 248 Å². The second kappa shape index (κ2) is 13.7. The molecule has 1 unspecified atom stereocenters. The second-order valence-electron chi connectivity index (χ2n) is 13.7. The zero-order valence-corrected chi connectivity index (χ0v) is 26.1. The second-order valence-corrected chi connectivity index (χ2v) is 13.7. The Bertz CT molecular complexity index is 1140. The third kappa shape index (κ3) is 9.06. The Balaban J connectivity index is 1.81. The van der Waals surface area contributed by atoms with Crippen molar-refractivity contribution in [3.63, 3.8) is 0 Å². The minimum atomic E-state index is -0.758. The van der Waals surface area contributed by atoms with Gasteiger partial charge in [-0.2, -0.15) is 0 Å². The summed E-state index contributed by atoms with van der Waals surface area (Å²) in [5.41, 5.74) is -1.20. The van der Waals surface area contributed by atoms with Gasteiger partial charge in [-0.25, -0.2) is 4.98 Å². The van der Waals surface area contributed by atoms with Gasteiger partial charge in [-0.1, -0.05) is 40.0 Å². The molecular formula is C31H47N5O6. The van der Waals surface area contributed by atoms with Gasteiger partial charge in [0.15, 0.2) is 5.78 Å². The van der Waals surface area contributed by atoms with Crippen LogP contribution < -0.4 is 10.6 Å². The molecule has 1 saturated carbocycles. The van der Waals surface area contributed by atoms with Crippen LogP contribution in [-0.4, -0.2) is 75.1 Å². The number of carbonyl (C=O) groups is 5. The molecular weight excluding hydrogens is 538 g/mol. The van der Waals surface area contributed by atoms with Crippen LogP contribution in [-0.2, 0) is 23.9 Å². The van der Waals surface area contributed by atoms with Crippen LogP contribution >= 0.6 is 0 Å². The van der Waals surface area contributed by atoms with Gasteiger partial charge in [0.25, 0.3) is 5.91 Å². The van der Waals surface area contributed by atoms with E-state index in [4.69, 9.17) is 4.74 Å². The molecule has 1 aliphatic heterocycles. The van der Waals surface area contributed by atoms with Crippen LogP contribution in [0.2, 0.25) is 0 Å². The molecule has 11 heteroatoms. The summed E-state index contributed by atoms with van der Waals surface area (Å²) < 4.78 is 5.59. The van der Waals surface area contributed by atoms with Gasteiger partial charge in [0.2, 0.25) is 11.8 Å². The molecule has 1 aromatic rings. The molecule has 2 heterocycles. The molecule has 42 heavy (non-hydrogen) atoms. The number of nitrogens with zero attached hydrogens (tertiary/aromatic N) is 3. The maximum absolute atomic E-state index is 13.9. The zero-order chi connectivity index (χ0) is 31.2. The molecule has 11 nitrogen and oxygen atoms in total. The molecule has 1 saturated heterocycles. The lowest BCUT2D eigenvalue weighted by Gasteiger charge is -2.34. The minimum absolute atomic E-state index is 0.0361. The molecule has 0 aromatic carbocycles. The normalized spacial score (nSPS) is 21.3. The van der Waals surface area contributed by atoms with E-state index in [0.717, 1.165) is 32.1 Å². The number of likely N-dealkylation sites (tertiary alicyclic amines) is 1. The summed E-state index contributed by atoms with van der Waals surface area (Å²) in [5, 5.41) is 5.89. The molecule has 2 aliphatic rings. The molecule has 1 aliphatic carbocycles. The summed E-state index contributed by atoms with van der Waals surface area (Å²) in [6, 6.07) is -1.41. The first-order valence-corrected chi connectivity index (χ1v) is 14.9. The number of ether oxygens (including phenoxy) is 1. The highest BCUT2D eigenvalue weighted by molar-refractivity contribution is 5.97. The molecule has 0 bridgehead atoms. The van der Waals surface area contributed by atoms with E-state index in [0.29, 0.717) is 0 Å². The summed E-state index contributed by atoms with van der Waals surface area (Å²) in [6.45, 7) is 12.7. The Kier molecular flexibility index (Phi) is 10.8. The average Bonchev–Trinajstić information content (AvgIpc) is 3.33. The first-order chi connectivity index (χ1) is 19.6. The number of carbonyl (C=O) groups excluding carboxylic acids is 5. The smallest absolute Gasteiger partial charge is 0.313 e. The highest BCUT2D eigenvalue weighted by Gasteiger charge is 2.44. The zero-order valence-electron chi connectivity index (χ0n) is 26.1. The van der Waals surface area contributed by atoms with Crippen molar-refractivity contribution in [1.29, 1.82) is 0 Å². The van der Waals surface area contributed by atoms with Crippen molar-refractivity contribution in [2.75, 3.05) is 13.1 Å². The summed E-state index contributed by atoms with van der Waals surface area (Å²) >= 11 is 0. The van der Waals surface area contributed by atoms with Gasteiger partial charge < -0.3 is 20.3 Å². The highest BCUT2D eigenvalue weighted by atomic mass is 16.6. The van der Waals surface area contributed by atoms with Gasteiger partial charge in [0.1, 0.15) is 11.3 Å². The van der Waals surface area contributed by atoms with E-state index in [1.54, 1.807) is 20.8 Å². The van der Waals surface area contributed by atoms with Crippen LogP contribution in [0.4, 0.5) is 0 Å².